The molecule has 1 aliphatic rings. The van der Waals surface area contributed by atoms with E-state index >= 15 is 0 Å². The summed E-state index contributed by atoms with van der Waals surface area (Å²) in [7, 11) is -3.45. The second-order valence-corrected chi connectivity index (χ2v) is 25.0. The molecule has 0 bridgehead atoms. The SMILES string of the molecule is CC1=C(C)C([Si](c2cc(Cc3ccccc3)cc(C)c2Cc2ccccc2)(c2cc(Cc3ccccc3)cc(C)c2Cc2ccccc2)c2cc(Cc3ccccc3)cc(C)c2Cc2ccccc2)C(C)=C1C. The molecule has 0 saturated heterocycles. The summed E-state index contributed by atoms with van der Waals surface area (Å²) in [6.45, 7) is 17.1. The molecule has 73 heavy (non-hydrogen) atoms. The van der Waals surface area contributed by atoms with Crippen molar-refractivity contribution in [2.75, 3.05) is 0 Å². The van der Waals surface area contributed by atoms with Crippen molar-refractivity contribution in [3.8, 4) is 0 Å². The molecule has 0 saturated carbocycles. The van der Waals surface area contributed by atoms with Crippen LogP contribution in [0.15, 0.2) is 241 Å². The Balaban J connectivity index is 1.44. The van der Waals surface area contributed by atoms with Crippen LogP contribution in [-0.2, 0) is 38.5 Å². The van der Waals surface area contributed by atoms with Crippen molar-refractivity contribution in [3.05, 3.63) is 324 Å². The molecule has 0 N–H and O–H groups in total. The van der Waals surface area contributed by atoms with E-state index in [4.69, 9.17) is 0 Å². The zero-order valence-electron chi connectivity index (χ0n) is 44.1. The number of allylic oxidation sites excluding steroid dienone is 4. The van der Waals surface area contributed by atoms with Crippen molar-refractivity contribution >= 4 is 23.6 Å². The Kier molecular flexibility index (Phi) is 14.7. The summed E-state index contributed by atoms with van der Waals surface area (Å²) < 4.78 is 0. The molecule has 10 rings (SSSR count). The van der Waals surface area contributed by atoms with Crippen LogP contribution in [0.1, 0.15) is 111 Å². The first-order chi connectivity index (χ1) is 35.6. The summed E-state index contributed by atoms with van der Waals surface area (Å²) in [5.41, 5.74) is 26.9. The Morgan fingerprint density at radius 3 is 0.712 bits per heavy atom. The quantitative estimate of drug-likeness (QED) is 0.0669. The molecule has 0 aliphatic heterocycles. The minimum absolute atomic E-state index is 0.148. The second kappa shape index (κ2) is 21.8. The third-order valence-corrected chi connectivity index (χ3v) is 22.0. The molecule has 0 unspecified atom stereocenters. The van der Waals surface area contributed by atoms with Gasteiger partial charge in [-0.15, -0.1) is 0 Å². The average Bonchev–Trinajstić information content (AvgIpc) is 3.61. The summed E-state index contributed by atoms with van der Waals surface area (Å²) in [5.74, 6) is 0. The molecule has 0 amide bonds. The van der Waals surface area contributed by atoms with E-state index < -0.39 is 8.07 Å². The van der Waals surface area contributed by atoms with Crippen molar-refractivity contribution in [2.45, 2.75) is 92.5 Å². The average molecular weight is 963 g/mol. The fraction of sp³-hybridized carbons (Fsp3) is 0.194. The zero-order chi connectivity index (χ0) is 50.5. The van der Waals surface area contributed by atoms with Crippen molar-refractivity contribution in [1.82, 2.24) is 0 Å². The maximum absolute atomic E-state index is 3.45. The van der Waals surface area contributed by atoms with Gasteiger partial charge in [0.25, 0.3) is 0 Å². The first-order valence-corrected chi connectivity index (χ1v) is 28.6. The van der Waals surface area contributed by atoms with Gasteiger partial charge < -0.3 is 0 Å². The molecule has 0 fully saturated rings. The van der Waals surface area contributed by atoms with Crippen LogP contribution in [0.2, 0.25) is 5.54 Å². The van der Waals surface area contributed by atoms with Gasteiger partial charge >= 0.3 is 0 Å². The van der Waals surface area contributed by atoms with E-state index in [-0.39, 0.29) is 5.54 Å². The Labute approximate surface area is 437 Å². The fourth-order valence-electron chi connectivity index (χ4n) is 12.5. The fourth-order valence-corrected chi connectivity index (χ4v) is 19.6. The standard InChI is InChI=1S/C72H70Si/c1-50-38-63(41-57-26-14-8-15-27-57)47-69(66(50)44-60-32-20-11-21-33-60)73(72-55(6)53(4)54(5)56(72)7,70-48-64(42-58-28-16-9-17-29-58)39-51(2)67(70)45-61-34-22-12-23-35-61)71-49-65(43-59-30-18-10-19-31-59)40-52(3)68(71)46-62-36-24-13-25-37-62/h8-40,47-49,72H,41-46H2,1-7H3. The molecule has 1 aliphatic carbocycles. The van der Waals surface area contributed by atoms with Gasteiger partial charge in [-0.05, 0) is 197 Å². The van der Waals surface area contributed by atoms with Crippen LogP contribution in [0.3, 0.4) is 0 Å². The van der Waals surface area contributed by atoms with Gasteiger partial charge in [0.15, 0.2) is 8.07 Å². The molecule has 0 heterocycles. The minimum Gasteiger partial charge on any atom is -0.0647 e. The Hall–Kier alpha value is -7.32. The lowest BCUT2D eigenvalue weighted by Crippen LogP contribution is -2.73. The monoisotopic (exact) mass is 963 g/mol. The predicted octanol–water partition coefficient (Wildman–Crippen LogP) is 15.7. The lowest BCUT2D eigenvalue weighted by atomic mass is 9.95. The Morgan fingerprint density at radius 1 is 0.260 bits per heavy atom. The number of rotatable bonds is 16. The van der Waals surface area contributed by atoms with E-state index in [1.165, 1.54) is 106 Å². The van der Waals surface area contributed by atoms with Gasteiger partial charge in [-0.2, -0.15) is 0 Å². The van der Waals surface area contributed by atoms with Crippen LogP contribution in [0.5, 0.6) is 0 Å². The van der Waals surface area contributed by atoms with Gasteiger partial charge in [0.05, 0.1) is 0 Å². The topological polar surface area (TPSA) is 0 Å². The molecule has 0 aromatic heterocycles. The number of hydrogen-bond donors (Lipinski definition) is 0. The highest BCUT2D eigenvalue weighted by atomic mass is 28.3. The predicted molar refractivity (Wildman–Crippen MR) is 314 cm³/mol. The van der Waals surface area contributed by atoms with Crippen molar-refractivity contribution in [1.29, 1.82) is 0 Å². The van der Waals surface area contributed by atoms with Gasteiger partial charge in [-0.25, -0.2) is 0 Å². The molecule has 0 nitrogen and oxygen atoms in total. The van der Waals surface area contributed by atoms with E-state index in [1.54, 1.807) is 15.6 Å². The van der Waals surface area contributed by atoms with Crippen molar-refractivity contribution < 1.29 is 0 Å². The summed E-state index contributed by atoms with van der Waals surface area (Å²) in [4.78, 5) is 0. The van der Waals surface area contributed by atoms with Gasteiger partial charge in [-0.1, -0.05) is 230 Å². The molecule has 9 aromatic carbocycles. The van der Waals surface area contributed by atoms with E-state index in [0.29, 0.717) is 0 Å². The highest BCUT2D eigenvalue weighted by Gasteiger charge is 2.54. The molecule has 0 spiro atoms. The Morgan fingerprint density at radius 2 is 0.479 bits per heavy atom. The van der Waals surface area contributed by atoms with Crippen LogP contribution < -0.4 is 15.6 Å². The molecule has 362 valence electrons. The molecule has 9 aromatic rings. The molecule has 1 heteroatoms. The van der Waals surface area contributed by atoms with E-state index in [0.717, 1.165) is 38.5 Å². The van der Waals surface area contributed by atoms with E-state index in [2.05, 4.69) is 267 Å². The first kappa shape index (κ1) is 49.3. The smallest absolute Gasteiger partial charge is 0.0647 e. The van der Waals surface area contributed by atoms with Gasteiger partial charge in [0.1, 0.15) is 0 Å². The van der Waals surface area contributed by atoms with Crippen LogP contribution >= 0.6 is 0 Å². The third-order valence-electron chi connectivity index (χ3n) is 16.3. The van der Waals surface area contributed by atoms with Crippen LogP contribution in [0.25, 0.3) is 0 Å². The van der Waals surface area contributed by atoms with E-state index in [1.807, 2.05) is 0 Å². The maximum Gasteiger partial charge on any atom is 0.160 e. The van der Waals surface area contributed by atoms with Crippen molar-refractivity contribution in [2.24, 2.45) is 0 Å². The highest BCUT2D eigenvalue weighted by molar-refractivity contribution is 7.14. The van der Waals surface area contributed by atoms with Gasteiger partial charge in [0.2, 0.25) is 0 Å². The van der Waals surface area contributed by atoms with Gasteiger partial charge in [0, 0.05) is 5.54 Å². The third kappa shape index (κ3) is 10.4. The summed E-state index contributed by atoms with van der Waals surface area (Å²) in [6.07, 6.45) is 5.16. The Bertz CT molecular complexity index is 3070. The molecular formula is C72H70Si. The van der Waals surface area contributed by atoms with Crippen LogP contribution in [0.4, 0.5) is 0 Å². The minimum atomic E-state index is -3.45. The van der Waals surface area contributed by atoms with Crippen LogP contribution in [0, 0.1) is 20.8 Å². The number of benzene rings is 9. The maximum atomic E-state index is 2.76. The molecule has 0 radical (unpaired) electrons. The van der Waals surface area contributed by atoms with Crippen molar-refractivity contribution in [3.63, 3.8) is 0 Å². The second-order valence-electron chi connectivity index (χ2n) is 21.1. The summed E-state index contributed by atoms with van der Waals surface area (Å²) in [6, 6.07) is 83.3. The van der Waals surface area contributed by atoms with Gasteiger partial charge in [-0.3, -0.25) is 0 Å². The lowest BCUT2D eigenvalue weighted by Gasteiger charge is -2.46. The largest absolute Gasteiger partial charge is 0.160 e. The summed E-state index contributed by atoms with van der Waals surface area (Å²) in [5, 5.41) is 4.68. The lowest BCUT2D eigenvalue weighted by molar-refractivity contribution is 1.06. The molecular weight excluding hydrogens is 893 g/mol. The first-order valence-electron chi connectivity index (χ1n) is 26.5. The van der Waals surface area contributed by atoms with E-state index in [9.17, 15) is 0 Å². The zero-order valence-corrected chi connectivity index (χ0v) is 45.1. The number of hydrogen-bond acceptors (Lipinski definition) is 0. The molecule has 0 atom stereocenters. The normalized spacial score (nSPS) is 13.0. The van der Waals surface area contributed by atoms with Crippen LogP contribution in [-0.4, -0.2) is 8.07 Å². The summed E-state index contributed by atoms with van der Waals surface area (Å²) >= 11 is 0. The number of aryl methyl sites for hydroxylation is 3. The highest BCUT2D eigenvalue weighted by Crippen LogP contribution is 2.48.